The fourth-order valence-corrected chi connectivity index (χ4v) is 6.64. The summed E-state index contributed by atoms with van der Waals surface area (Å²) in [6.45, 7) is 5.82. The van der Waals surface area contributed by atoms with Crippen LogP contribution in [0.3, 0.4) is 0 Å². The average molecular weight is 592 g/mol. The molecule has 0 saturated heterocycles. The Morgan fingerprint density at radius 3 is 1.80 bits per heavy atom. The molecule has 0 aliphatic rings. The van der Waals surface area contributed by atoms with Gasteiger partial charge in [-0.3, -0.25) is 14.1 Å². The second-order valence-electron chi connectivity index (χ2n) is 11.3. The van der Waals surface area contributed by atoms with Crippen LogP contribution >= 0.6 is 0 Å². The van der Waals surface area contributed by atoms with Crippen molar-refractivity contribution in [1.82, 2.24) is 19.3 Å². The van der Waals surface area contributed by atoms with Crippen molar-refractivity contribution in [3.8, 4) is 11.1 Å². The van der Waals surface area contributed by atoms with Crippen LogP contribution in [0, 0.1) is 20.8 Å². The smallest absolute Gasteiger partial charge is 0.330 e. The molecule has 0 bridgehead atoms. The van der Waals surface area contributed by atoms with Gasteiger partial charge < -0.3 is 9.84 Å². The first-order chi connectivity index (χ1) is 21.9. The molecule has 1 N–H and O–H groups in total. The molecule has 0 unspecified atom stereocenters. The minimum Gasteiger partial charge on any atom is -0.361 e. The molecule has 222 valence electrons. The van der Waals surface area contributed by atoms with E-state index in [1.54, 1.807) is 10.8 Å². The summed E-state index contributed by atoms with van der Waals surface area (Å²) in [5.74, 6) is 0.709. The van der Waals surface area contributed by atoms with Crippen LogP contribution in [-0.4, -0.2) is 19.3 Å². The van der Waals surface area contributed by atoms with Crippen LogP contribution in [0.15, 0.2) is 131 Å². The number of benzene rings is 4. The lowest BCUT2D eigenvalue weighted by Crippen LogP contribution is -2.44. The van der Waals surface area contributed by atoms with Crippen LogP contribution in [0.5, 0.6) is 0 Å². The van der Waals surface area contributed by atoms with Crippen LogP contribution < -0.4 is 11.0 Å². The van der Waals surface area contributed by atoms with Gasteiger partial charge in [0.1, 0.15) is 11.3 Å². The van der Waals surface area contributed by atoms with Crippen molar-refractivity contribution in [3.05, 3.63) is 166 Å². The number of aryl methyl sites for hydroxylation is 4. The molecule has 4 aromatic carbocycles. The number of rotatable bonds is 7. The molecule has 0 saturated carbocycles. The Morgan fingerprint density at radius 1 is 0.711 bits per heavy atom. The predicted octanol–water partition coefficient (Wildman–Crippen LogP) is 7.90. The van der Waals surface area contributed by atoms with E-state index in [2.05, 4.69) is 64.0 Å². The van der Waals surface area contributed by atoms with Gasteiger partial charge in [0.15, 0.2) is 0 Å². The van der Waals surface area contributed by atoms with E-state index in [1.165, 1.54) is 0 Å². The largest absolute Gasteiger partial charge is 0.361 e. The highest BCUT2D eigenvalue weighted by molar-refractivity contribution is 5.96. The highest BCUT2D eigenvalue weighted by atomic mass is 16.5. The molecule has 0 radical (unpaired) electrons. The molecule has 0 atom stereocenters. The third-order valence-electron chi connectivity index (χ3n) is 8.65. The number of imidazole rings is 1. The highest BCUT2D eigenvalue weighted by Gasteiger charge is 2.42. The standard InChI is InChI=1S/C38H33N5O2/c1-25-32(21-14-22-39-25)40-33-23-28(35-26(2)41-45-27(35)3)24-34-36(33)42(4)37(44)43(34)38(29-15-8-5-9-16-29,30-17-10-6-11-18-30)31-19-12-7-13-20-31/h5-24,40H,1-4H3. The van der Waals surface area contributed by atoms with Crippen molar-refractivity contribution in [2.45, 2.75) is 26.3 Å². The van der Waals surface area contributed by atoms with E-state index in [0.29, 0.717) is 5.76 Å². The van der Waals surface area contributed by atoms with E-state index < -0.39 is 5.54 Å². The highest BCUT2D eigenvalue weighted by Crippen LogP contribution is 2.44. The summed E-state index contributed by atoms with van der Waals surface area (Å²) in [7, 11) is 1.84. The van der Waals surface area contributed by atoms with Gasteiger partial charge in [-0.15, -0.1) is 0 Å². The molecule has 0 amide bonds. The molecular formula is C38H33N5O2. The first-order valence-corrected chi connectivity index (χ1v) is 15.0. The van der Waals surface area contributed by atoms with Crippen LogP contribution in [0.25, 0.3) is 22.2 Å². The van der Waals surface area contributed by atoms with E-state index in [9.17, 15) is 4.79 Å². The lowest BCUT2D eigenvalue weighted by atomic mass is 9.76. The van der Waals surface area contributed by atoms with Gasteiger partial charge in [0.05, 0.1) is 33.8 Å². The zero-order valence-corrected chi connectivity index (χ0v) is 25.7. The Bertz CT molecular complexity index is 2080. The van der Waals surface area contributed by atoms with Crippen molar-refractivity contribution in [2.75, 3.05) is 5.32 Å². The molecule has 0 spiro atoms. The second-order valence-corrected chi connectivity index (χ2v) is 11.3. The molecule has 7 nitrogen and oxygen atoms in total. The average Bonchev–Trinajstić information content (AvgIpc) is 3.54. The lowest BCUT2D eigenvalue weighted by molar-refractivity contribution is 0.393. The van der Waals surface area contributed by atoms with Gasteiger partial charge in [0.2, 0.25) is 0 Å². The molecule has 7 rings (SSSR count). The summed E-state index contributed by atoms with van der Waals surface area (Å²) in [6.07, 6.45) is 1.77. The van der Waals surface area contributed by atoms with Crippen LogP contribution in [0.2, 0.25) is 0 Å². The minimum absolute atomic E-state index is 0.150. The number of aromatic nitrogens is 4. The normalized spacial score (nSPS) is 11.6. The molecule has 0 aliphatic carbocycles. The Labute approximate surface area is 261 Å². The monoisotopic (exact) mass is 591 g/mol. The molecular weight excluding hydrogens is 558 g/mol. The molecule has 7 heteroatoms. The fourth-order valence-electron chi connectivity index (χ4n) is 6.64. The Balaban J connectivity index is 1.67. The van der Waals surface area contributed by atoms with Gasteiger partial charge in [-0.2, -0.15) is 0 Å². The third-order valence-corrected chi connectivity index (χ3v) is 8.65. The second kappa shape index (κ2) is 11.1. The van der Waals surface area contributed by atoms with Crippen LogP contribution in [-0.2, 0) is 12.6 Å². The summed E-state index contributed by atoms with van der Waals surface area (Å²) in [5, 5.41) is 7.88. The number of nitrogens with one attached hydrogen (secondary N) is 1. The van der Waals surface area contributed by atoms with Gasteiger partial charge in [-0.1, -0.05) is 96.2 Å². The maximum atomic E-state index is 14.9. The van der Waals surface area contributed by atoms with E-state index >= 15 is 0 Å². The molecule has 0 aliphatic heterocycles. The first-order valence-electron chi connectivity index (χ1n) is 15.0. The Hall–Kier alpha value is -5.69. The van der Waals surface area contributed by atoms with Crippen LogP contribution in [0.4, 0.5) is 11.4 Å². The zero-order valence-electron chi connectivity index (χ0n) is 25.7. The summed E-state index contributed by atoms with van der Waals surface area (Å²) >= 11 is 0. The van der Waals surface area contributed by atoms with Gasteiger partial charge in [0, 0.05) is 18.8 Å². The van der Waals surface area contributed by atoms with Crippen molar-refractivity contribution >= 4 is 22.4 Å². The summed E-state index contributed by atoms with van der Waals surface area (Å²) in [5.41, 5.74) is 8.35. The van der Waals surface area contributed by atoms with Crippen molar-refractivity contribution in [2.24, 2.45) is 7.05 Å². The van der Waals surface area contributed by atoms with Crippen molar-refractivity contribution < 1.29 is 4.52 Å². The molecule has 3 aromatic heterocycles. The van der Waals surface area contributed by atoms with Gasteiger partial charge >= 0.3 is 5.69 Å². The minimum atomic E-state index is -1.00. The van der Waals surface area contributed by atoms with E-state index in [-0.39, 0.29) is 5.69 Å². The van der Waals surface area contributed by atoms with E-state index in [4.69, 9.17) is 4.52 Å². The van der Waals surface area contributed by atoms with E-state index in [1.807, 2.05) is 99.1 Å². The van der Waals surface area contributed by atoms with Gasteiger partial charge in [-0.25, -0.2) is 4.79 Å². The SMILES string of the molecule is Cc1ncccc1Nc1cc(-c2c(C)noc2C)cc2c1n(C)c(=O)n2C(c1ccccc1)(c1ccccc1)c1ccccc1. The van der Waals surface area contributed by atoms with Crippen molar-refractivity contribution in [1.29, 1.82) is 0 Å². The fraction of sp³-hybridized carbons (Fsp3) is 0.132. The topological polar surface area (TPSA) is 77.9 Å². The van der Waals surface area contributed by atoms with E-state index in [0.717, 1.165) is 61.6 Å². The van der Waals surface area contributed by atoms with Crippen LogP contribution in [0.1, 0.15) is 33.8 Å². The number of anilines is 2. The van der Waals surface area contributed by atoms with Crippen molar-refractivity contribution in [3.63, 3.8) is 0 Å². The first kappa shape index (κ1) is 28.1. The summed E-state index contributed by atoms with van der Waals surface area (Å²) < 4.78 is 9.31. The molecule has 0 fully saturated rings. The summed E-state index contributed by atoms with van der Waals surface area (Å²) in [4.78, 5) is 19.4. The zero-order chi connectivity index (χ0) is 31.1. The maximum Gasteiger partial charge on any atom is 0.330 e. The predicted molar refractivity (Wildman–Crippen MR) is 179 cm³/mol. The number of pyridine rings is 1. The number of fused-ring (bicyclic) bond motifs is 1. The summed E-state index contributed by atoms with van der Waals surface area (Å²) in [6, 6.07) is 38.8. The number of hydrogen-bond donors (Lipinski definition) is 1. The third kappa shape index (κ3) is 4.47. The number of nitrogens with zero attached hydrogens (tertiary/aromatic N) is 4. The molecule has 7 aromatic rings. The Morgan fingerprint density at radius 2 is 1.29 bits per heavy atom. The maximum absolute atomic E-state index is 14.9. The lowest BCUT2D eigenvalue weighted by Gasteiger charge is -2.37. The Kier molecular flexibility index (Phi) is 6.93. The van der Waals surface area contributed by atoms with Gasteiger partial charge in [0.25, 0.3) is 0 Å². The number of hydrogen-bond acceptors (Lipinski definition) is 5. The molecule has 3 heterocycles. The van der Waals surface area contributed by atoms with Gasteiger partial charge in [-0.05, 0) is 67.3 Å². The molecule has 45 heavy (non-hydrogen) atoms. The quantitative estimate of drug-likeness (QED) is 0.191.